The Morgan fingerprint density at radius 1 is 1.04 bits per heavy atom. The highest BCUT2D eigenvalue weighted by atomic mass is 35.5. The lowest BCUT2D eigenvalue weighted by atomic mass is 9.77. The fourth-order valence-corrected chi connectivity index (χ4v) is 10.1. The SMILES string of the molecule is COc1ccc(CN(c2ccncn2)S(=O)(=O)c2cc(Cl)c(N[C@@H]3CC4C(Cl)(Cl)[C@]4(c4cccc(C(F)(F)F)c4)C[C@H]3N(C)C)cc2F)c(OC)c1. The van der Waals surface area contributed by atoms with Gasteiger partial charge in [0.1, 0.15) is 38.7 Å². The highest BCUT2D eigenvalue weighted by Crippen LogP contribution is 2.75. The van der Waals surface area contributed by atoms with Crippen molar-refractivity contribution in [2.75, 3.05) is 37.9 Å². The molecule has 4 atom stereocenters. The molecule has 2 saturated carbocycles. The third-order valence-corrected chi connectivity index (χ3v) is 13.2. The fraction of sp³-hybridized carbons (Fsp3) is 0.371. The average molecular weight is 803 g/mol. The van der Waals surface area contributed by atoms with Crippen molar-refractivity contribution in [1.29, 1.82) is 0 Å². The summed E-state index contributed by atoms with van der Waals surface area (Å²) in [5.41, 5.74) is -0.814. The number of hydrogen-bond acceptors (Lipinski definition) is 8. The van der Waals surface area contributed by atoms with E-state index in [1.54, 1.807) is 24.3 Å². The molecular formula is C35H34Cl3F4N5O4S. The molecule has 0 aliphatic heterocycles. The number of halogens is 7. The van der Waals surface area contributed by atoms with Crippen molar-refractivity contribution in [2.24, 2.45) is 5.92 Å². The lowest BCUT2D eigenvalue weighted by molar-refractivity contribution is -0.137. The Kier molecular flexibility index (Phi) is 10.3. The number of alkyl halides is 5. The van der Waals surface area contributed by atoms with Crippen molar-refractivity contribution in [2.45, 2.75) is 52.3 Å². The van der Waals surface area contributed by atoms with Crippen molar-refractivity contribution in [3.63, 3.8) is 0 Å². The van der Waals surface area contributed by atoms with Gasteiger partial charge in [-0.1, -0.05) is 29.8 Å². The molecule has 6 rings (SSSR count). The van der Waals surface area contributed by atoms with Crippen LogP contribution in [0, 0.1) is 11.7 Å². The van der Waals surface area contributed by atoms with E-state index >= 15 is 4.39 Å². The van der Waals surface area contributed by atoms with E-state index in [0.717, 1.165) is 28.6 Å². The second-order valence-corrected chi connectivity index (χ2v) is 16.6. The van der Waals surface area contributed by atoms with Gasteiger partial charge in [0.15, 0.2) is 0 Å². The van der Waals surface area contributed by atoms with Crippen molar-refractivity contribution < 1.29 is 35.5 Å². The van der Waals surface area contributed by atoms with Crippen LogP contribution in [0.1, 0.15) is 29.5 Å². The first-order valence-electron chi connectivity index (χ1n) is 15.9. The standard InChI is InChI=1S/C35H34Cl3F4N5O4S/c1-46(2)28-17-33(21-6-5-7-22(12-21)35(40,41)42)31(34(33,37)38)16-27(28)45-26-15-25(39)30(14-24(26)36)52(48,49)47(32-10-11-43-19-44-32)18-20-8-9-23(50-3)13-29(20)51-4/h5-15,19,27-28,31,45H,16-18H2,1-4H3/t27-,28-,31?,33+/m1/s1. The van der Waals surface area contributed by atoms with Crippen LogP contribution in [-0.2, 0) is 28.2 Å². The lowest BCUT2D eigenvalue weighted by Crippen LogP contribution is -2.49. The van der Waals surface area contributed by atoms with Crippen LogP contribution in [-0.4, -0.2) is 68.0 Å². The molecule has 2 fully saturated rings. The fourth-order valence-electron chi connectivity index (χ4n) is 7.24. The molecule has 0 saturated heterocycles. The van der Waals surface area contributed by atoms with Crippen LogP contribution in [0.25, 0.3) is 0 Å². The predicted octanol–water partition coefficient (Wildman–Crippen LogP) is 7.95. The van der Waals surface area contributed by atoms with E-state index in [2.05, 4.69) is 15.3 Å². The maximum absolute atomic E-state index is 16.1. The first kappa shape index (κ1) is 38.2. The molecule has 2 aliphatic rings. The Morgan fingerprint density at radius 3 is 2.42 bits per heavy atom. The Labute approximate surface area is 313 Å². The van der Waals surface area contributed by atoms with Crippen LogP contribution < -0.4 is 19.1 Å². The smallest absolute Gasteiger partial charge is 0.416 e. The minimum atomic E-state index is -4.64. The van der Waals surface area contributed by atoms with Gasteiger partial charge in [0.25, 0.3) is 10.0 Å². The van der Waals surface area contributed by atoms with Crippen molar-refractivity contribution in [3.8, 4) is 11.5 Å². The Morgan fingerprint density at radius 2 is 1.79 bits per heavy atom. The van der Waals surface area contributed by atoms with Gasteiger partial charge in [0, 0.05) is 47.3 Å². The van der Waals surface area contributed by atoms with Crippen LogP contribution in [0.2, 0.25) is 5.02 Å². The number of benzene rings is 3. The van der Waals surface area contributed by atoms with Crippen LogP contribution in [0.3, 0.4) is 0 Å². The monoisotopic (exact) mass is 801 g/mol. The van der Waals surface area contributed by atoms with Gasteiger partial charge in [-0.15, -0.1) is 23.2 Å². The molecule has 1 N–H and O–H groups in total. The number of methoxy groups -OCH3 is 2. The average Bonchev–Trinajstić information content (AvgIpc) is 3.61. The highest BCUT2D eigenvalue weighted by Gasteiger charge is 2.78. The molecule has 278 valence electrons. The van der Waals surface area contributed by atoms with Gasteiger partial charge in [-0.3, -0.25) is 0 Å². The third-order valence-electron chi connectivity index (χ3n) is 9.96. The van der Waals surface area contributed by atoms with E-state index in [1.165, 1.54) is 38.9 Å². The highest BCUT2D eigenvalue weighted by molar-refractivity contribution is 7.92. The van der Waals surface area contributed by atoms with Crippen molar-refractivity contribution >= 4 is 56.3 Å². The molecule has 0 bridgehead atoms. The normalized spacial score (nSPS) is 22.4. The predicted molar refractivity (Wildman–Crippen MR) is 192 cm³/mol. The number of hydrogen-bond donors (Lipinski definition) is 1. The van der Waals surface area contributed by atoms with E-state index < -0.39 is 54.2 Å². The molecule has 2 aliphatic carbocycles. The van der Waals surface area contributed by atoms with Crippen LogP contribution in [0.15, 0.2) is 78.1 Å². The summed E-state index contributed by atoms with van der Waals surface area (Å²) < 4.78 is 95.8. The molecule has 1 aromatic heterocycles. The third kappa shape index (κ3) is 6.72. The second kappa shape index (κ2) is 14.0. The van der Waals surface area contributed by atoms with Crippen LogP contribution in [0.4, 0.5) is 29.1 Å². The largest absolute Gasteiger partial charge is 0.497 e. The first-order chi connectivity index (χ1) is 24.4. The maximum Gasteiger partial charge on any atom is 0.416 e. The van der Waals surface area contributed by atoms with Gasteiger partial charge >= 0.3 is 6.18 Å². The first-order valence-corrected chi connectivity index (χ1v) is 18.5. The number of anilines is 2. The molecule has 9 nitrogen and oxygen atoms in total. The summed E-state index contributed by atoms with van der Waals surface area (Å²) in [4.78, 5) is 9.18. The van der Waals surface area contributed by atoms with Crippen LogP contribution >= 0.6 is 34.8 Å². The van der Waals surface area contributed by atoms with E-state index in [1.807, 2.05) is 19.0 Å². The molecule has 3 aromatic carbocycles. The Bertz CT molecular complexity index is 2080. The summed E-state index contributed by atoms with van der Waals surface area (Å²) in [5.74, 6) is -0.738. The van der Waals surface area contributed by atoms with E-state index in [4.69, 9.17) is 44.3 Å². The number of nitrogens with one attached hydrogen (secondary N) is 1. The molecule has 1 unspecified atom stereocenters. The molecular weight excluding hydrogens is 769 g/mol. The minimum Gasteiger partial charge on any atom is -0.497 e. The Hall–Kier alpha value is -3.56. The van der Waals surface area contributed by atoms with Gasteiger partial charge in [-0.2, -0.15) is 13.2 Å². The number of nitrogens with zero attached hydrogens (tertiary/aromatic N) is 4. The summed E-state index contributed by atoms with van der Waals surface area (Å²) in [6, 6.07) is 12.5. The van der Waals surface area contributed by atoms with E-state index in [0.29, 0.717) is 29.0 Å². The maximum atomic E-state index is 16.1. The number of fused-ring (bicyclic) bond motifs is 1. The summed E-state index contributed by atoms with van der Waals surface area (Å²) in [5, 5.41) is 3.17. The number of sulfonamides is 1. The second-order valence-electron chi connectivity index (χ2n) is 13.0. The molecule has 1 heterocycles. The summed E-state index contributed by atoms with van der Waals surface area (Å²) >= 11 is 20.4. The summed E-state index contributed by atoms with van der Waals surface area (Å²) in [6.07, 6.45) is -1.44. The number of rotatable bonds is 11. The molecule has 4 aromatic rings. The minimum absolute atomic E-state index is 0.0269. The van der Waals surface area contributed by atoms with Gasteiger partial charge in [-0.05, 0) is 62.8 Å². The molecule has 0 radical (unpaired) electrons. The topological polar surface area (TPSA) is 96.9 Å². The van der Waals surface area contributed by atoms with E-state index in [9.17, 15) is 21.6 Å². The van der Waals surface area contributed by atoms with Crippen molar-refractivity contribution in [3.05, 3.63) is 101 Å². The molecule has 52 heavy (non-hydrogen) atoms. The quantitative estimate of drug-likeness (QED) is 0.121. The summed E-state index contributed by atoms with van der Waals surface area (Å²) in [6.45, 7) is -0.288. The molecule has 17 heteroatoms. The zero-order chi connectivity index (χ0) is 37.8. The zero-order valence-corrected chi connectivity index (χ0v) is 31.3. The molecule has 0 amide bonds. The van der Waals surface area contributed by atoms with Gasteiger partial charge in [-0.25, -0.2) is 27.1 Å². The molecule has 0 spiro atoms. The van der Waals surface area contributed by atoms with E-state index in [-0.39, 0.29) is 35.5 Å². The van der Waals surface area contributed by atoms with Gasteiger partial charge < -0.3 is 19.7 Å². The van der Waals surface area contributed by atoms with Gasteiger partial charge in [0.2, 0.25) is 0 Å². The number of likely N-dealkylation sites (N-methyl/N-ethyl adjacent to an activating group) is 1. The lowest BCUT2D eigenvalue weighted by Gasteiger charge is -2.40. The van der Waals surface area contributed by atoms with Crippen molar-refractivity contribution in [1.82, 2.24) is 14.9 Å². The number of ether oxygens (including phenoxy) is 2. The number of aromatic nitrogens is 2. The Balaban J connectivity index is 1.31. The zero-order valence-electron chi connectivity index (χ0n) is 28.3. The van der Waals surface area contributed by atoms with Gasteiger partial charge in [0.05, 0.1) is 37.0 Å². The van der Waals surface area contributed by atoms with Crippen LogP contribution in [0.5, 0.6) is 11.5 Å². The summed E-state index contributed by atoms with van der Waals surface area (Å²) in [7, 11) is 1.88.